The Morgan fingerprint density at radius 2 is 1.83 bits per heavy atom. The predicted octanol–water partition coefficient (Wildman–Crippen LogP) is 3.48. The van der Waals surface area contributed by atoms with E-state index in [1.54, 1.807) is 31.2 Å². The van der Waals surface area contributed by atoms with Gasteiger partial charge in [-0.05, 0) is 44.0 Å². The highest BCUT2D eigenvalue weighted by atomic mass is 19.3. The van der Waals surface area contributed by atoms with Crippen molar-refractivity contribution in [2.45, 2.75) is 39.2 Å². The second-order valence-corrected chi connectivity index (χ2v) is 6.19. The first-order valence-electron chi connectivity index (χ1n) is 8.25. The fourth-order valence-corrected chi connectivity index (χ4v) is 2.37. The minimum atomic E-state index is -2.46. The van der Waals surface area contributed by atoms with Gasteiger partial charge >= 0.3 is 0 Å². The van der Waals surface area contributed by atoms with Gasteiger partial charge < -0.3 is 10.1 Å². The highest BCUT2D eigenvalue weighted by Gasteiger charge is 2.23. The van der Waals surface area contributed by atoms with Crippen molar-refractivity contribution in [3.63, 3.8) is 0 Å². The van der Waals surface area contributed by atoms with Crippen molar-refractivity contribution in [1.82, 2.24) is 5.32 Å². The van der Waals surface area contributed by atoms with Crippen LogP contribution in [0.5, 0.6) is 0 Å². The van der Waals surface area contributed by atoms with Crippen LogP contribution >= 0.6 is 0 Å². The molecule has 3 nitrogen and oxygen atoms in total. The molecular formula is C19H23F2NO2. The van der Waals surface area contributed by atoms with E-state index in [-0.39, 0.29) is 5.91 Å². The van der Waals surface area contributed by atoms with E-state index in [0.29, 0.717) is 11.5 Å². The summed E-state index contributed by atoms with van der Waals surface area (Å²) in [6.07, 6.45) is -0.551. The van der Waals surface area contributed by atoms with Crippen LogP contribution in [0.4, 0.5) is 8.78 Å². The van der Waals surface area contributed by atoms with Gasteiger partial charge in [-0.3, -0.25) is 4.79 Å². The van der Waals surface area contributed by atoms with Gasteiger partial charge in [0.05, 0.1) is 0 Å². The molecule has 0 spiro atoms. The topological polar surface area (TPSA) is 38.3 Å². The van der Waals surface area contributed by atoms with Crippen molar-refractivity contribution < 1.29 is 18.3 Å². The van der Waals surface area contributed by atoms with Gasteiger partial charge in [0.1, 0.15) is 0 Å². The zero-order chi connectivity index (χ0) is 17.5. The Bertz CT molecular complexity index is 598. The maximum atomic E-state index is 12.6. The SMILES string of the molecule is CC(NC(=O)c1ccc(C#CC2CCOCC2)cc1)C(C)C(F)F. The number of ether oxygens (including phenoxy) is 1. The molecule has 130 valence electrons. The minimum Gasteiger partial charge on any atom is -0.381 e. The number of alkyl halides is 2. The molecule has 0 radical (unpaired) electrons. The predicted molar refractivity (Wildman–Crippen MR) is 89.0 cm³/mol. The first kappa shape index (κ1) is 18.4. The summed E-state index contributed by atoms with van der Waals surface area (Å²) >= 11 is 0. The van der Waals surface area contributed by atoms with Gasteiger partial charge in [0.25, 0.3) is 5.91 Å². The highest BCUT2D eigenvalue weighted by Crippen LogP contribution is 2.15. The average Bonchev–Trinajstić information content (AvgIpc) is 2.60. The van der Waals surface area contributed by atoms with Crippen molar-refractivity contribution in [1.29, 1.82) is 0 Å². The zero-order valence-electron chi connectivity index (χ0n) is 14.0. The number of nitrogens with one attached hydrogen (secondary N) is 1. The Morgan fingerprint density at radius 3 is 2.42 bits per heavy atom. The summed E-state index contributed by atoms with van der Waals surface area (Å²) in [5.74, 6) is 5.47. The van der Waals surface area contributed by atoms with Crippen molar-refractivity contribution in [2.75, 3.05) is 13.2 Å². The molecule has 2 unspecified atom stereocenters. The number of benzene rings is 1. The third-order valence-corrected chi connectivity index (χ3v) is 4.33. The Labute approximate surface area is 141 Å². The zero-order valence-corrected chi connectivity index (χ0v) is 14.0. The van der Waals surface area contributed by atoms with Crippen LogP contribution in [0.2, 0.25) is 0 Å². The van der Waals surface area contributed by atoms with E-state index in [9.17, 15) is 13.6 Å². The number of rotatable bonds is 4. The van der Waals surface area contributed by atoms with E-state index >= 15 is 0 Å². The normalized spacial score (nSPS) is 17.7. The minimum absolute atomic E-state index is 0.348. The molecule has 1 saturated heterocycles. The van der Waals surface area contributed by atoms with Crippen LogP contribution in [-0.4, -0.2) is 31.6 Å². The fraction of sp³-hybridized carbons (Fsp3) is 0.526. The van der Waals surface area contributed by atoms with Gasteiger partial charge in [0, 0.05) is 42.2 Å². The van der Waals surface area contributed by atoms with Gasteiger partial charge in [-0.2, -0.15) is 0 Å². The van der Waals surface area contributed by atoms with E-state index < -0.39 is 18.4 Å². The number of halogens is 2. The molecule has 1 heterocycles. The lowest BCUT2D eigenvalue weighted by atomic mass is 10.0. The summed E-state index contributed by atoms with van der Waals surface area (Å²) in [4.78, 5) is 12.1. The molecule has 1 aliphatic heterocycles. The van der Waals surface area contributed by atoms with E-state index in [1.807, 2.05) is 0 Å². The third-order valence-electron chi connectivity index (χ3n) is 4.33. The summed E-state index contributed by atoms with van der Waals surface area (Å²) in [5, 5.41) is 2.61. The van der Waals surface area contributed by atoms with Crippen LogP contribution < -0.4 is 5.32 Å². The molecule has 1 amide bonds. The highest BCUT2D eigenvalue weighted by molar-refractivity contribution is 5.94. The van der Waals surface area contributed by atoms with Gasteiger partial charge in [0.2, 0.25) is 6.43 Å². The summed E-state index contributed by atoms with van der Waals surface area (Å²) in [7, 11) is 0. The third kappa shape index (κ3) is 5.31. The number of carbonyl (C=O) groups excluding carboxylic acids is 1. The molecule has 1 aromatic carbocycles. The molecule has 2 rings (SSSR count). The van der Waals surface area contributed by atoms with Gasteiger partial charge in [-0.1, -0.05) is 18.8 Å². The van der Waals surface area contributed by atoms with Crippen molar-refractivity contribution >= 4 is 5.91 Å². The largest absolute Gasteiger partial charge is 0.381 e. The van der Waals surface area contributed by atoms with Crippen LogP contribution in [0, 0.1) is 23.7 Å². The first-order valence-corrected chi connectivity index (χ1v) is 8.25. The molecular weight excluding hydrogens is 312 g/mol. The standard InChI is InChI=1S/C19H23F2NO2/c1-13(18(20)21)14(2)22-19(23)17-7-5-15(6-8-17)3-4-16-9-11-24-12-10-16/h5-8,13-14,16,18H,9-12H2,1-2H3,(H,22,23). The van der Waals surface area contributed by atoms with E-state index in [0.717, 1.165) is 31.6 Å². The van der Waals surface area contributed by atoms with E-state index in [1.165, 1.54) is 6.92 Å². The molecule has 5 heteroatoms. The summed E-state index contributed by atoms with van der Waals surface area (Å²) in [5.41, 5.74) is 1.28. The van der Waals surface area contributed by atoms with Gasteiger partial charge in [0.15, 0.2) is 0 Å². The first-order chi connectivity index (χ1) is 11.5. The van der Waals surface area contributed by atoms with Crippen LogP contribution in [0.3, 0.4) is 0 Å². The number of carbonyl (C=O) groups is 1. The Kier molecular flexibility index (Phi) is 6.74. The average molecular weight is 335 g/mol. The quantitative estimate of drug-likeness (QED) is 0.856. The molecule has 0 bridgehead atoms. The molecule has 1 fully saturated rings. The lowest BCUT2D eigenvalue weighted by molar-refractivity contribution is 0.0636. The fourth-order valence-electron chi connectivity index (χ4n) is 2.37. The molecule has 0 aromatic heterocycles. The number of amides is 1. The molecule has 2 atom stereocenters. The molecule has 24 heavy (non-hydrogen) atoms. The molecule has 1 aromatic rings. The van der Waals surface area contributed by atoms with Crippen molar-refractivity contribution in [3.05, 3.63) is 35.4 Å². The second-order valence-electron chi connectivity index (χ2n) is 6.19. The molecule has 0 aliphatic carbocycles. The van der Waals surface area contributed by atoms with E-state index in [2.05, 4.69) is 17.2 Å². The number of hydrogen-bond donors (Lipinski definition) is 1. The second kappa shape index (κ2) is 8.79. The molecule has 0 saturated carbocycles. The van der Waals surface area contributed by atoms with Crippen molar-refractivity contribution in [3.8, 4) is 11.8 Å². The molecule has 1 aliphatic rings. The van der Waals surface area contributed by atoms with Crippen LogP contribution in [0.25, 0.3) is 0 Å². The van der Waals surface area contributed by atoms with Crippen molar-refractivity contribution in [2.24, 2.45) is 11.8 Å². The van der Waals surface area contributed by atoms with E-state index in [4.69, 9.17) is 4.74 Å². The Balaban J connectivity index is 1.93. The lowest BCUT2D eigenvalue weighted by Crippen LogP contribution is -2.39. The lowest BCUT2D eigenvalue weighted by Gasteiger charge is -2.20. The monoisotopic (exact) mass is 335 g/mol. The van der Waals surface area contributed by atoms with Crippen LogP contribution in [0.1, 0.15) is 42.6 Å². The maximum absolute atomic E-state index is 12.6. The van der Waals surface area contributed by atoms with Crippen LogP contribution in [-0.2, 0) is 4.74 Å². The van der Waals surface area contributed by atoms with Crippen LogP contribution in [0.15, 0.2) is 24.3 Å². The maximum Gasteiger partial charge on any atom is 0.251 e. The number of hydrogen-bond acceptors (Lipinski definition) is 2. The Morgan fingerprint density at radius 1 is 1.21 bits per heavy atom. The summed E-state index contributed by atoms with van der Waals surface area (Å²) in [6.45, 7) is 4.52. The summed E-state index contributed by atoms with van der Waals surface area (Å²) in [6, 6.07) is 6.31. The smallest absolute Gasteiger partial charge is 0.251 e. The molecule has 1 N–H and O–H groups in total. The van der Waals surface area contributed by atoms with Gasteiger partial charge in [-0.15, -0.1) is 0 Å². The summed E-state index contributed by atoms with van der Waals surface area (Å²) < 4.78 is 30.6. The Hall–Kier alpha value is -1.93. The van der Waals surface area contributed by atoms with Gasteiger partial charge in [-0.25, -0.2) is 8.78 Å².